The Hall–Kier alpha value is -3.46. The highest BCUT2D eigenvalue weighted by molar-refractivity contribution is 6.00. The van der Waals surface area contributed by atoms with Crippen molar-refractivity contribution in [1.82, 2.24) is 15.3 Å². The predicted molar refractivity (Wildman–Crippen MR) is 122 cm³/mol. The first kappa shape index (κ1) is 23.7. The first-order valence-corrected chi connectivity index (χ1v) is 10.9. The summed E-state index contributed by atoms with van der Waals surface area (Å²) in [5, 5.41) is 2.86. The minimum Gasteiger partial charge on any atom is -0.493 e. The fourth-order valence-corrected chi connectivity index (χ4v) is 3.99. The van der Waals surface area contributed by atoms with Crippen LogP contribution in [0.2, 0.25) is 0 Å². The summed E-state index contributed by atoms with van der Waals surface area (Å²) < 4.78 is 44.9. The molecule has 4 rings (SSSR count). The molecule has 0 atom stereocenters. The third kappa shape index (κ3) is 4.48. The van der Waals surface area contributed by atoms with Crippen LogP contribution >= 0.6 is 0 Å². The number of hydrogen-bond donors (Lipinski definition) is 2. The average Bonchev–Trinajstić information content (AvgIpc) is 3.20. The molecule has 180 valence electrons. The van der Waals surface area contributed by atoms with E-state index in [9.17, 15) is 13.6 Å². The van der Waals surface area contributed by atoms with E-state index in [0.717, 1.165) is 11.8 Å². The lowest BCUT2D eigenvalue weighted by atomic mass is 9.94. The van der Waals surface area contributed by atoms with E-state index in [1.807, 2.05) is 13.8 Å². The number of rotatable bonds is 8. The summed E-state index contributed by atoms with van der Waals surface area (Å²) >= 11 is 0. The van der Waals surface area contributed by atoms with Gasteiger partial charge in [-0.05, 0) is 31.5 Å². The van der Waals surface area contributed by atoms with Crippen LogP contribution in [0.15, 0.2) is 30.6 Å². The molecule has 9 heteroatoms. The molecular weight excluding hydrogens is 444 g/mol. The zero-order valence-electron chi connectivity index (χ0n) is 19.6. The van der Waals surface area contributed by atoms with Crippen molar-refractivity contribution in [3.63, 3.8) is 0 Å². The van der Waals surface area contributed by atoms with Gasteiger partial charge < -0.3 is 24.5 Å². The highest BCUT2D eigenvalue weighted by Crippen LogP contribution is 2.38. The van der Waals surface area contributed by atoms with Crippen LogP contribution in [0, 0.1) is 11.6 Å². The molecule has 3 aromatic rings. The fraction of sp³-hybridized carbons (Fsp3) is 0.360. The van der Waals surface area contributed by atoms with Gasteiger partial charge in [0.25, 0.3) is 5.91 Å². The molecule has 0 aliphatic carbocycles. The van der Waals surface area contributed by atoms with Crippen molar-refractivity contribution < 1.29 is 27.8 Å². The first-order valence-electron chi connectivity index (χ1n) is 10.9. The third-order valence-electron chi connectivity index (χ3n) is 5.95. The first-order chi connectivity index (χ1) is 16.3. The predicted octanol–water partition coefficient (Wildman–Crippen LogP) is 4.04. The Morgan fingerprint density at radius 2 is 1.97 bits per heavy atom. The normalized spacial score (nSPS) is 13.4. The Balaban J connectivity index is 1.84. The monoisotopic (exact) mass is 471 g/mol. The van der Waals surface area contributed by atoms with Crippen molar-refractivity contribution in [2.24, 2.45) is 0 Å². The summed E-state index contributed by atoms with van der Waals surface area (Å²) in [4.78, 5) is 20.4. The van der Waals surface area contributed by atoms with Gasteiger partial charge in [-0.3, -0.25) is 9.78 Å². The van der Waals surface area contributed by atoms with E-state index in [2.05, 4.69) is 15.3 Å². The van der Waals surface area contributed by atoms with Crippen LogP contribution in [0.4, 0.5) is 8.78 Å². The van der Waals surface area contributed by atoms with Crippen LogP contribution in [0.5, 0.6) is 11.5 Å². The summed E-state index contributed by atoms with van der Waals surface area (Å²) in [5.41, 5.74) is 3.15. The lowest BCUT2D eigenvalue weighted by Crippen LogP contribution is -2.32. The lowest BCUT2D eigenvalue weighted by molar-refractivity contribution is -0.0146. The zero-order valence-corrected chi connectivity index (χ0v) is 19.6. The van der Waals surface area contributed by atoms with Gasteiger partial charge in [-0.15, -0.1) is 0 Å². The second-order valence-electron chi connectivity index (χ2n) is 8.69. The van der Waals surface area contributed by atoms with E-state index in [-0.39, 0.29) is 24.7 Å². The number of ether oxygens (including phenoxy) is 3. The van der Waals surface area contributed by atoms with Crippen molar-refractivity contribution >= 4 is 5.91 Å². The average molecular weight is 472 g/mol. The molecule has 0 saturated heterocycles. The summed E-state index contributed by atoms with van der Waals surface area (Å²) in [5.74, 6) is -1.97. The molecule has 0 spiro atoms. The van der Waals surface area contributed by atoms with E-state index in [4.69, 9.17) is 14.2 Å². The fourth-order valence-electron chi connectivity index (χ4n) is 3.99. The van der Waals surface area contributed by atoms with Gasteiger partial charge in [-0.1, -0.05) is 6.07 Å². The molecule has 2 aromatic heterocycles. The van der Waals surface area contributed by atoms with E-state index >= 15 is 0 Å². The Bertz CT molecular complexity index is 1220. The second kappa shape index (κ2) is 9.42. The summed E-state index contributed by atoms with van der Waals surface area (Å²) in [6.45, 7) is 4.58. The van der Waals surface area contributed by atoms with Crippen molar-refractivity contribution in [3.05, 3.63) is 64.6 Å². The number of methoxy groups -OCH3 is 2. The molecule has 0 radical (unpaired) electrons. The molecule has 1 aliphatic heterocycles. The van der Waals surface area contributed by atoms with E-state index in [1.54, 1.807) is 25.6 Å². The summed E-state index contributed by atoms with van der Waals surface area (Å²) in [6, 6.07) is 4.31. The summed E-state index contributed by atoms with van der Waals surface area (Å²) in [6.07, 6.45) is 3.98. The van der Waals surface area contributed by atoms with E-state index in [1.165, 1.54) is 13.2 Å². The number of H-pyrrole nitrogens is 1. The van der Waals surface area contributed by atoms with Gasteiger partial charge >= 0.3 is 0 Å². The minimum atomic E-state index is -1.06. The molecule has 0 saturated carbocycles. The molecular formula is C25H27F2N3O4. The number of halogens is 2. The highest BCUT2D eigenvalue weighted by atomic mass is 19.2. The number of carbonyl (C=O) groups excluding carboxylic acids is 1. The Labute approximate surface area is 196 Å². The van der Waals surface area contributed by atoms with Gasteiger partial charge in [0.2, 0.25) is 5.82 Å². The number of hydrogen-bond acceptors (Lipinski definition) is 5. The molecule has 7 nitrogen and oxygen atoms in total. The molecule has 1 aliphatic rings. The molecule has 0 fully saturated rings. The van der Waals surface area contributed by atoms with Crippen LogP contribution in [-0.2, 0) is 17.6 Å². The Morgan fingerprint density at radius 1 is 1.18 bits per heavy atom. The lowest BCUT2D eigenvalue weighted by Gasteiger charge is -2.23. The van der Waals surface area contributed by atoms with E-state index in [0.29, 0.717) is 46.7 Å². The number of fused-ring (bicyclic) bond motifs is 1. The van der Waals surface area contributed by atoms with Crippen LogP contribution in [0.1, 0.15) is 41.0 Å². The van der Waals surface area contributed by atoms with E-state index < -0.39 is 17.2 Å². The van der Waals surface area contributed by atoms with Crippen molar-refractivity contribution in [3.8, 4) is 22.8 Å². The molecule has 34 heavy (non-hydrogen) atoms. The minimum absolute atomic E-state index is 0.139. The zero-order chi connectivity index (χ0) is 24.5. The number of nitrogens with zero attached hydrogens (tertiary/aromatic N) is 1. The molecule has 0 bridgehead atoms. The van der Waals surface area contributed by atoms with Crippen molar-refractivity contribution in [2.45, 2.75) is 32.3 Å². The maximum absolute atomic E-state index is 14.4. The van der Waals surface area contributed by atoms with Gasteiger partial charge in [0.1, 0.15) is 12.4 Å². The van der Waals surface area contributed by atoms with Gasteiger partial charge in [-0.2, -0.15) is 4.39 Å². The van der Waals surface area contributed by atoms with Crippen LogP contribution in [0.3, 0.4) is 0 Å². The van der Waals surface area contributed by atoms with Gasteiger partial charge in [0.05, 0.1) is 30.2 Å². The molecule has 1 amide bonds. The van der Waals surface area contributed by atoms with Gasteiger partial charge in [-0.25, -0.2) is 4.39 Å². The third-order valence-corrected chi connectivity index (χ3v) is 5.95. The standard InChI is InChI=1S/C25H27F2N3O4/c1-25(2,33-4)13-34-19-12-28-9-7-15(19)22-16(20-18(30-22)8-10-29-24(20)31)11-14-5-6-17(26)21(27)23(14)32-3/h5-7,9,12,30H,8,10-11,13H2,1-4H3,(H,29,31). The number of benzene rings is 1. The van der Waals surface area contributed by atoms with Gasteiger partial charge in [0.15, 0.2) is 11.6 Å². The highest BCUT2D eigenvalue weighted by Gasteiger charge is 2.29. The smallest absolute Gasteiger partial charge is 0.253 e. The number of aromatic amines is 1. The van der Waals surface area contributed by atoms with Gasteiger partial charge in [0, 0.05) is 49.5 Å². The largest absolute Gasteiger partial charge is 0.493 e. The van der Waals surface area contributed by atoms with Crippen molar-refractivity contribution in [1.29, 1.82) is 0 Å². The number of carbonyl (C=O) groups is 1. The second-order valence-corrected chi connectivity index (χ2v) is 8.69. The Morgan fingerprint density at radius 3 is 2.71 bits per heavy atom. The topological polar surface area (TPSA) is 85.5 Å². The Kier molecular flexibility index (Phi) is 6.56. The molecule has 3 heterocycles. The number of pyridine rings is 1. The summed E-state index contributed by atoms with van der Waals surface area (Å²) in [7, 11) is 2.90. The van der Waals surface area contributed by atoms with Crippen LogP contribution in [-0.4, -0.2) is 48.8 Å². The van der Waals surface area contributed by atoms with Crippen LogP contribution in [0.25, 0.3) is 11.3 Å². The maximum atomic E-state index is 14.4. The van der Waals surface area contributed by atoms with Crippen LogP contribution < -0.4 is 14.8 Å². The molecule has 1 aromatic carbocycles. The maximum Gasteiger partial charge on any atom is 0.253 e. The number of amides is 1. The number of nitrogens with one attached hydrogen (secondary N) is 2. The molecule has 2 N–H and O–H groups in total. The van der Waals surface area contributed by atoms with Crippen molar-refractivity contribution in [2.75, 3.05) is 27.4 Å². The number of aromatic nitrogens is 2. The SMILES string of the molecule is COc1c(Cc2c(-c3ccncc3OCC(C)(C)OC)[nH]c3c2C(=O)NCC3)ccc(F)c1F. The quantitative estimate of drug-likeness (QED) is 0.518. The molecule has 0 unspecified atom stereocenters.